The van der Waals surface area contributed by atoms with Crippen molar-refractivity contribution in [3.8, 4) is 11.5 Å². The van der Waals surface area contributed by atoms with Crippen LogP contribution >= 0.6 is 0 Å². The van der Waals surface area contributed by atoms with Crippen LogP contribution in [0.5, 0.6) is 11.5 Å². The Bertz CT molecular complexity index is 806. The zero-order valence-corrected chi connectivity index (χ0v) is 16.8. The minimum Gasteiger partial charge on any atom is -0.493 e. The first-order chi connectivity index (χ1) is 13.5. The maximum Gasteiger partial charge on any atom is 0.275 e. The Kier molecular flexibility index (Phi) is 7.83. The van der Waals surface area contributed by atoms with E-state index in [0.29, 0.717) is 36.7 Å². The van der Waals surface area contributed by atoms with Gasteiger partial charge in [0, 0.05) is 24.7 Å². The summed E-state index contributed by atoms with van der Waals surface area (Å²) in [5, 5.41) is 5.52. The van der Waals surface area contributed by atoms with Crippen LogP contribution in [0.3, 0.4) is 0 Å². The van der Waals surface area contributed by atoms with E-state index in [2.05, 4.69) is 10.6 Å². The van der Waals surface area contributed by atoms with Crippen molar-refractivity contribution >= 4 is 11.8 Å². The lowest BCUT2D eigenvalue weighted by molar-refractivity contribution is -0.885. The van der Waals surface area contributed by atoms with E-state index in [1.54, 1.807) is 33.4 Å². The summed E-state index contributed by atoms with van der Waals surface area (Å²) in [6.45, 7) is 1.47. The summed E-state index contributed by atoms with van der Waals surface area (Å²) in [5.74, 6) is 1.15. The number of rotatable bonds is 9. The molecule has 0 aliphatic carbocycles. The van der Waals surface area contributed by atoms with Crippen molar-refractivity contribution < 1.29 is 24.0 Å². The van der Waals surface area contributed by atoms with Crippen LogP contribution < -0.4 is 25.0 Å². The molecule has 0 fully saturated rings. The Labute approximate surface area is 165 Å². The lowest BCUT2D eigenvalue weighted by Gasteiger charge is -2.15. The van der Waals surface area contributed by atoms with Crippen LogP contribution in [0.2, 0.25) is 0 Å². The zero-order valence-electron chi connectivity index (χ0n) is 16.8. The first-order valence-corrected chi connectivity index (χ1v) is 9.06. The molecule has 28 heavy (non-hydrogen) atoms. The molecule has 2 aromatic carbocycles. The van der Waals surface area contributed by atoms with E-state index in [0.717, 1.165) is 16.0 Å². The molecular weight excluding hydrogens is 358 g/mol. The van der Waals surface area contributed by atoms with E-state index >= 15 is 0 Å². The van der Waals surface area contributed by atoms with Gasteiger partial charge in [0.15, 0.2) is 18.0 Å². The predicted molar refractivity (Wildman–Crippen MR) is 107 cm³/mol. The van der Waals surface area contributed by atoms with Crippen molar-refractivity contribution in [3.05, 3.63) is 59.2 Å². The van der Waals surface area contributed by atoms with Gasteiger partial charge in [-0.1, -0.05) is 18.2 Å². The number of likely N-dealkylation sites (N-methyl/N-ethyl adjacent to an activating group) is 1. The number of methoxy groups -OCH3 is 2. The first kappa shape index (κ1) is 21.2. The smallest absolute Gasteiger partial charge is 0.275 e. The molecule has 150 valence electrons. The van der Waals surface area contributed by atoms with Gasteiger partial charge in [-0.15, -0.1) is 0 Å². The molecule has 3 N–H and O–H groups in total. The second-order valence-corrected chi connectivity index (χ2v) is 6.55. The summed E-state index contributed by atoms with van der Waals surface area (Å²) in [7, 11) is 6.74. The Balaban J connectivity index is 1.83. The van der Waals surface area contributed by atoms with Gasteiger partial charge in [0.1, 0.15) is 6.54 Å². The maximum atomic E-state index is 12.2. The molecule has 7 nitrogen and oxygen atoms in total. The van der Waals surface area contributed by atoms with Crippen LogP contribution in [-0.2, 0) is 17.9 Å². The second kappa shape index (κ2) is 10.3. The molecule has 7 heteroatoms. The van der Waals surface area contributed by atoms with E-state index in [-0.39, 0.29) is 11.8 Å². The van der Waals surface area contributed by atoms with Gasteiger partial charge in [0.2, 0.25) is 0 Å². The van der Waals surface area contributed by atoms with E-state index in [9.17, 15) is 9.59 Å². The molecule has 0 saturated carbocycles. The molecule has 0 aliphatic heterocycles. The number of carbonyl (C=O) groups excluding carboxylic acids is 2. The van der Waals surface area contributed by atoms with Gasteiger partial charge >= 0.3 is 0 Å². The summed E-state index contributed by atoms with van der Waals surface area (Å²) in [6.07, 6.45) is 0. The Hall–Kier alpha value is -3.06. The van der Waals surface area contributed by atoms with Crippen LogP contribution in [0, 0.1) is 0 Å². The van der Waals surface area contributed by atoms with Crippen molar-refractivity contribution in [1.82, 2.24) is 10.6 Å². The number of amides is 2. The van der Waals surface area contributed by atoms with Crippen LogP contribution in [0.15, 0.2) is 42.5 Å². The molecule has 0 aromatic heterocycles. The molecule has 0 radical (unpaired) electrons. The number of benzene rings is 2. The van der Waals surface area contributed by atoms with E-state index in [1.165, 1.54) is 0 Å². The minimum atomic E-state index is -0.109. The van der Waals surface area contributed by atoms with Crippen molar-refractivity contribution in [2.75, 3.05) is 34.9 Å². The normalized spacial score (nSPS) is 11.4. The molecule has 1 unspecified atom stereocenters. The standard InChI is InChI=1S/C21H27N3O4/c1-22-21(26)17-8-5-15(6-9-17)13-24(2)14-20(25)23-12-16-7-10-18(27-3)19(11-16)28-4/h5-11H,12-14H2,1-4H3,(H,22,26)(H,23,25)/p+1. The lowest BCUT2D eigenvalue weighted by Crippen LogP contribution is -3.08. The molecule has 0 saturated heterocycles. The Morgan fingerprint density at radius 3 is 2.21 bits per heavy atom. The molecule has 2 amide bonds. The average Bonchev–Trinajstić information content (AvgIpc) is 2.71. The quantitative estimate of drug-likeness (QED) is 0.583. The highest BCUT2D eigenvalue weighted by Gasteiger charge is 2.12. The number of quaternary nitrogens is 1. The molecule has 1 atom stereocenters. The van der Waals surface area contributed by atoms with Gasteiger partial charge in [-0.05, 0) is 29.8 Å². The maximum absolute atomic E-state index is 12.2. The van der Waals surface area contributed by atoms with Crippen LogP contribution in [-0.4, -0.2) is 46.7 Å². The average molecular weight is 386 g/mol. The molecule has 0 spiro atoms. The van der Waals surface area contributed by atoms with Crippen LogP contribution in [0.4, 0.5) is 0 Å². The number of hydrogen-bond donors (Lipinski definition) is 3. The van der Waals surface area contributed by atoms with Gasteiger partial charge in [0.05, 0.1) is 21.3 Å². The van der Waals surface area contributed by atoms with Crippen LogP contribution in [0.1, 0.15) is 21.5 Å². The molecular formula is C21H28N3O4+. The fraction of sp³-hybridized carbons (Fsp3) is 0.333. The fourth-order valence-electron chi connectivity index (χ4n) is 2.86. The summed E-state index contributed by atoms with van der Waals surface area (Å²) in [6, 6.07) is 13.0. The van der Waals surface area contributed by atoms with Gasteiger partial charge < -0.3 is 25.0 Å². The molecule has 0 bridgehead atoms. The van der Waals surface area contributed by atoms with Gasteiger partial charge in [-0.3, -0.25) is 9.59 Å². The van der Waals surface area contributed by atoms with E-state index in [1.807, 2.05) is 37.4 Å². The van der Waals surface area contributed by atoms with Crippen molar-refractivity contribution in [3.63, 3.8) is 0 Å². The van der Waals surface area contributed by atoms with Crippen molar-refractivity contribution in [1.29, 1.82) is 0 Å². The summed E-state index contributed by atoms with van der Waals surface area (Å²) in [5.41, 5.74) is 2.63. The van der Waals surface area contributed by atoms with Gasteiger partial charge in [0.25, 0.3) is 11.8 Å². The van der Waals surface area contributed by atoms with Crippen molar-refractivity contribution in [2.24, 2.45) is 0 Å². The van der Waals surface area contributed by atoms with Gasteiger partial charge in [-0.25, -0.2) is 0 Å². The molecule has 0 heterocycles. The zero-order chi connectivity index (χ0) is 20.5. The minimum absolute atomic E-state index is 0.0331. The first-order valence-electron chi connectivity index (χ1n) is 9.06. The number of carbonyl (C=O) groups is 2. The third-order valence-corrected chi connectivity index (χ3v) is 4.35. The van der Waals surface area contributed by atoms with Crippen LogP contribution in [0.25, 0.3) is 0 Å². The summed E-state index contributed by atoms with van der Waals surface area (Å²) in [4.78, 5) is 24.9. The predicted octanol–water partition coefficient (Wildman–Crippen LogP) is 0.395. The highest BCUT2D eigenvalue weighted by Crippen LogP contribution is 2.27. The fourth-order valence-corrected chi connectivity index (χ4v) is 2.86. The highest BCUT2D eigenvalue weighted by atomic mass is 16.5. The topological polar surface area (TPSA) is 81.1 Å². The Morgan fingerprint density at radius 2 is 1.61 bits per heavy atom. The largest absolute Gasteiger partial charge is 0.493 e. The molecule has 2 rings (SSSR count). The molecule has 0 aliphatic rings. The Morgan fingerprint density at radius 1 is 0.964 bits per heavy atom. The SMILES string of the molecule is CNC(=O)c1ccc(C[NH+](C)CC(=O)NCc2ccc(OC)c(OC)c2)cc1. The summed E-state index contributed by atoms with van der Waals surface area (Å²) < 4.78 is 10.5. The number of nitrogens with one attached hydrogen (secondary N) is 3. The lowest BCUT2D eigenvalue weighted by atomic mass is 10.1. The number of hydrogen-bond acceptors (Lipinski definition) is 4. The van der Waals surface area contributed by atoms with E-state index < -0.39 is 0 Å². The van der Waals surface area contributed by atoms with E-state index in [4.69, 9.17) is 9.47 Å². The molecule has 2 aromatic rings. The van der Waals surface area contributed by atoms with Gasteiger partial charge in [-0.2, -0.15) is 0 Å². The third kappa shape index (κ3) is 5.99. The monoisotopic (exact) mass is 386 g/mol. The number of ether oxygens (including phenoxy) is 2. The van der Waals surface area contributed by atoms with Crippen molar-refractivity contribution in [2.45, 2.75) is 13.1 Å². The third-order valence-electron chi connectivity index (χ3n) is 4.35. The second-order valence-electron chi connectivity index (χ2n) is 6.55. The summed E-state index contributed by atoms with van der Waals surface area (Å²) >= 11 is 0. The highest BCUT2D eigenvalue weighted by molar-refractivity contribution is 5.93.